The summed E-state index contributed by atoms with van der Waals surface area (Å²) in [5.41, 5.74) is 1.53. The number of amides is 1. The summed E-state index contributed by atoms with van der Waals surface area (Å²) in [4.78, 5) is 16.2. The van der Waals surface area contributed by atoms with Gasteiger partial charge in [-0.1, -0.05) is 33.3 Å². The maximum atomic E-state index is 12.2. The van der Waals surface area contributed by atoms with E-state index in [-0.39, 0.29) is 20.9 Å². The molecular formula is C12H10BrClN2O3S2. The molecule has 1 N–H and O–H groups in total. The van der Waals surface area contributed by atoms with Gasteiger partial charge in [-0.2, -0.15) is 0 Å². The van der Waals surface area contributed by atoms with Gasteiger partial charge in [0.2, 0.25) is 0 Å². The number of hydrogen-bond acceptors (Lipinski definition) is 5. The van der Waals surface area contributed by atoms with E-state index in [0.717, 1.165) is 21.4 Å². The maximum absolute atomic E-state index is 12.2. The summed E-state index contributed by atoms with van der Waals surface area (Å²) in [5, 5.41) is 2.77. The first kappa shape index (κ1) is 16.4. The fraction of sp³-hybridized carbons (Fsp3) is 0.167. The summed E-state index contributed by atoms with van der Waals surface area (Å²) < 4.78 is 23.4. The van der Waals surface area contributed by atoms with Crippen molar-refractivity contribution in [1.82, 2.24) is 4.98 Å². The lowest BCUT2D eigenvalue weighted by Crippen LogP contribution is -2.13. The number of carbonyl (C=O) groups excluding carboxylic acids is 1. The highest BCUT2D eigenvalue weighted by molar-refractivity contribution is 9.10. The summed E-state index contributed by atoms with van der Waals surface area (Å²) >= 11 is 4.18. The van der Waals surface area contributed by atoms with Crippen molar-refractivity contribution in [2.45, 2.75) is 18.1 Å². The third-order valence-corrected chi connectivity index (χ3v) is 6.82. The van der Waals surface area contributed by atoms with Gasteiger partial charge in [0.1, 0.15) is 0 Å². The van der Waals surface area contributed by atoms with Crippen LogP contribution >= 0.6 is 37.9 Å². The molecule has 0 bridgehead atoms. The zero-order valence-corrected chi connectivity index (χ0v) is 15.0. The van der Waals surface area contributed by atoms with Gasteiger partial charge < -0.3 is 0 Å². The largest absolute Gasteiger partial charge is 0.298 e. The summed E-state index contributed by atoms with van der Waals surface area (Å²) in [5.74, 6) is -0.360. The molecule has 0 unspecified atom stereocenters. The molecule has 0 aliphatic heterocycles. The molecule has 5 nitrogen and oxygen atoms in total. The third kappa shape index (κ3) is 3.63. The molecule has 2 rings (SSSR count). The lowest BCUT2D eigenvalue weighted by atomic mass is 10.1. The van der Waals surface area contributed by atoms with E-state index in [2.05, 4.69) is 26.2 Å². The van der Waals surface area contributed by atoms with Crippen LogP contribution in [0, 0.1) is 13.8 Å². The second-order valence-electron chi connectivity index (χ2n) is 4.20. The zero-order chi connectivity index (χ0) is 15.8. The van der Waals surface area contributed by atoms with Crippen LogP contribution in [0.3, 0.4) is 0 Å². The number of halogens is 2. The van der Waals surface area contributed by atoms with Crippen LogP contribution in [0.25, 0.3) is 0 Å². The van der Waals surface area contributed by atoms with Gasteiger partial charge >= 0.3 is 0 Å². The minimum atomic E-state index is -3.86. The van der Waals surface area contributed by atoms with Gasteiger partial charge in [-0.3, -0.25) is 10.1 Å². The molecule has 0 radical (unpaired) electrons. The molecule has 0 spiro atoms. The van der Waals surface area contributed by atoms with E-state index in [1.54, 1.807) is 19.1 Å². The molecule has 0 saturated heterocycles. The third-order valence-electron chi connectivity index (χ3n) is 2.71. The summed E-state index contributed by atoms with van der Waals surface area (Å²) in [7, 11) is 1.44. The Morgan fingerprint density at radius 2 is 2.05 bits per heavy atom. The van der Waals surface area contributed by atoms with Crippen LogP contribution in [-0.4, -0.2) is 19.3 Å². The molecule has 1 heterocycles. The number of nitrogens with one attached hydrogen (secondary N) is 1. The Hall–Kier alpha value is -0.960. The minimum absolute atomic E-state index is 0.0644. The van der Waals surface area contributed by atoms with Crippen LogP contribution in [-0.2, 0) is 9.05 Å². The molecule has 0 aliphatic carbocycles. The van der Waals surface area contributed by atoms with Crippen molar-refractivity contribution in [1.29, 1.82) is 0 Å². The van der Waals surface area contributed by atoms with Crippen LogP contribution < -0.4 is 5.32 Å². The molecule has 1 amide bonds. The number of aromatic nitrogens is 1. The lowest BCUT2D eigenvalue weighted by molar-refractivity contribution is 0.102. The second kappa shape index (κ2) is 6.04. The molecular weight excluding hydrogens is 400 g/mol. The van der Waals surface area contributed by atoms with Crippen molar-refractivity contribution in [2.75, 3.05) is 5.32 Å². The van der Waals surface area contributed by atoms with Gasteiger partial charge in [-0.15, -0.1) is 0 Å². The Morgan fingerprint density at radius 1 is 1.38 bits per heavy atom. The molecule has 0 fully saturated rings. The predicted molar refractivity (Wildman–Crippen MR) is 86.7 cm³/mol. The first-order chi connectivity index (χ1) is 9.70. The SMILES string of the molecule is Cc1nc(NC(=O)c2cccc(Br)c2C)sc1S(=O)(=O)Cl. The van der Waals surface area contributed by atoms with Crippen molar-refractivity contribution in [3.8, 4) is 0 Å². The normalized spacial score (nSPS) is 11.4. The van der Waals surface area contributed by atoms with Crippen molar-refractivity contribution in [3.63, 3.8) is 0 Å². The number of benzene rings is 1. The summed E-state index contributed by atoms with van der Waals surface area (Å²) in [6, 6.07) is 5.25. The van der Waals surface area contributed by atoms with Crippen molar-refractivity contribution in [2.24, 2.45) is 0 Å². The van der Waals surface area contributed by atoms with E-state index >= 15 is 0 Å². The van der Waals surface area contributed by atoms with E-state index in [1.807, 2.05) is 6.07 Å². The number of thiazole rings is 1. The molecule has 0 atom stereocenters. The van der Waals surface area contributed by atoms with E-state index < -0.39 is 9.05 Å². The molecule has 112 valence electrons. The van der Waals surface area contributed by atoms with Gasteiger partial charge in [-0.25, -0.2) is 13.4 Å². The second-order valence-corrected chi connectivity index (χ2v) is 8.81. The number of hydrogen-bond donors (Lipinski definition) is 1. The summed E-state index contributed by atoms with van der Waals surface area (Å²) in [6.07, 6.45) is 0. The van der Waals surface area contributed by atoms with E-state index in [9.17, 15) is 13.2 Å². The fourth-order valence-electron chi connectivity index (χ4n) is 1.68. The molecule has 1 aromatic heterocycles. The van der Waals surface area contributed by atoms with Gasteiger partial charge in [0.05, 0.1) is 5.69 Å². The first-order valence-electron chi connectivity index (χ1n) is 5.68. The Morgan fingerprint density at radius 3 is 2.62 bits per heavy atom. The number of carbonyl (C=O) groups is 1. The van der Waals surface area contributed by atoms with Gasteiger partial charge in [0.15, 0.2) is 9.34 Å². The Labute approximate surface area is 138 Å². The van der Waals surface area contributed by atoms with Gasteiger partial charge in [0, 0.05) is 20.7 Å². The Balaban J connectivity index is 2.31. The highest BCUT2D eigenvalue weighted by Crippen LogP contribution is 2.30. The molecule has 9 heteroatoms. The zero-order valence-electron chi connectivity index (χ0n) is 11.0. The van der Waals surface area contributed by atoms with Crippen LogP contribution in [0.15, 0.2) is 26.9 Å². The van der Waals surface area contributed by atoms with E-state index in [0.29, 0.717) is 5.56 Å². The van der Waals surface area contributed by atoms with Crippen molar-refractivity contribution < 1.29 is 13.2 Å². The topological polar surface area (TPSA) is 76.1 Å². The lowest BCUT2D eigenvalue weighted by Gasteiger charge is -2.06. The number of anilines is 1. The standard InChI is InChI=1S/C12H10BrClN2O3S2/c1-6-8(4-3-5-9(6)13)10(17)16-12-15-7(2)11(20-12)21(14,18)19/h3-5H,1-2H3,(H,15,16,17). The first-order valence-corrected chi connectivity index (χ1v) is 9.60. The predicted octanol–water partition coefficient (Wildman–Crippen LogP) is 3.70. The Bertz CT molecular complexity index is 818. The number of aryl methyl sites for hydroxylation is 1. The average molecular weight is 410 g/mol. The van der Waals surface area contributed by atoms with Gasteiger partial charge in [0.25, 0.3) is 15.0 Å². The van der Waals surface area contributed by atoms with Gasteiger partial charge in [-0.05, 0) is 31.5 Å². The van der Waals surface area contributed by atoms with Crippen molar-refractivity contribution in [3.05, 3.63) is 39.5 Å². The Kier molecular flexibility index (Phi) is 4.72. The fourth-order valence-corrected chi connectivity index (χ4v) is 4.39. The quantitative estimate of drug-likeness (QED) is 0.784. The average Bonchev–Trinajstić information content (AvgIpc) is 2.73. The molecule has 0 saturated carbocycles. The van der Waals surface area contributed by atoms with E-state index in [4.69, 9.17) is 10.7 Å². The molecule has 2 aromatic rings. The van der Waals surface area contributed by atoms with Crippen LogP contribution in [0.4, 0.5) is 5.13 Å². The molecule has 21 heavy (non-hydrogen) atoms. The minimum Gasteiger partial charge on any atom is -0.298 e. The highest BCUT2D eigenvalue weighted by atomic mass is 79.9. The molecule has 0 aliphatic rings. The number of nitrogens with zero attached hydrogens (tertiary/aromatic N) is 1. The van der Waals surface area contributed by atoms with Crippen LogP contribution in [0.5, 0.6) is 0 Å². The highest BCUT2D eigenvalue weighted by Gasteiger charge is 2.21. The summed E-state index contributed by atoms with van der Waals surface area (Å²) in [6.45, 7) is 3.33. The van der Waals surface area contributed by atoms with E-state index in [1.165, 1.54) is 6.92 Å². The molecule has 1 aromatic carbocycles. The monoisotopic (exact) mass is 408 g/mol. The smallest absolute Gasteiger partial charge is 0.272 e. The van der Waals surface area contributed by atoms with Crippen LogP contribution in [0.2, 0.25) is 0 Å². The van der Waals surface area contributed by atoms with Crippen LogP contribution in [0.1, 0.15) is 21.6 Å². The maximum Gasteiger partial charge on any atom is 0.272 e. The number of rotatable bonds is 3. The van der Waals surface area contributed by atoms with Crippen molar-refractivity contribution >= 4 is 58.0 Å².